The van der Waals surface area contributed by atoms with Gasteiger partial charge in [0.15, 0.2) is 5.82 Å². The van der Waals surface area contributed by atoms with Gasteiger partial charge in [-0.1, -0.05) is 6.92 Å². The molecule has 1 unspecified atom stereocenters. The number of aromatic nitrogens is 1. The second-order valence-electron chi connectivity index (χ2n) is 5.13. The monoisotopic (exact) mass is 297 g/mol. The Morgan fingerprint density at radius 2 is 2.40 bits per heavy atom. The van der Waals surface area contributed by atoms with Gasteiger partial charge in [-0.25, -0.2) is 0 Å². The molecule has 2 rings (SSSR count). The molecule has 1 saturated heterocycles. The molecule has 1 aliphatic rings. The minimum absolute atomic E-state index is 0.170. The highest BCUT2D eigenvalue weighted by Gasteiger charge is 2.27. The van der Waals surface area contributed by atoms with Crippen LogP contribution in [0.2, 0.25) is 0 Å². The molecule has 1 atom stereocenters. The van der Waals surface area contributed by atoms with Gasteiger partial charge in [0.05, 0.1) is 0 Å². The lowest BCUT2D eigenvalue weighted by molar-refractivity contribution is 0.0964. The van der Waals surface area contributed by atoms with Crippen molar-refractivity contribution in [2.45, 2.75) is 25.8 Å². The van der Waals surface area contributed by atoms with Crippen molar-refractivity contribution < 1.29 is 4.79 Å². The topological polar surface area (TPSA) is 74.5 Å². The number of carbonyl (C=O) groups excluding carboxylic acids is 1. The van der Waals surface area contributed by atoms with E-state index in [4.69, 9.17) is 5.73 Å². The standard InChI is InChI=1S/C13H23N5OS/c1-4-18-7-5-6-9(18)8-17(3)13-10(12(19)15-2)11(14)16-20-13/h9H,4-8H2,1-3H3,(H2,14,16)(H,15,19). The molecule has 1 fully saturated rings. The highest BCUT2D eigenvalue weighted by atomic mass is 32.1. The van der Waals surface area contributed by atoms with Crippen LogP contribution in [0.1, 0.15) is 30.1 Å². The lowest BCUT2D eigenvalue weighted by Crippen LogP contribution is -2.39. The van der Waals surface area contributed by atoms with E-state index in [-0.39, 0.29) is 5.91 Å². The summed E-state index contributed by atoms with van der Waals surface area (Å²) in [4.78, 5) is 16.5. The summed E-state index contributed by atoms with van der Waals surface area (Å²) >= 11 is 1.29. The Labute approximate surface area is 124 Å². The number of nitrogens with zero attached hydrogens (tertiary/aromatic N) is 3. The lowest BCUT2D eigenvalue weighted by Gasteiger charge is -2.28. The van der Waals surface area contributed by atoms with Crippen molar-refractivity contribution in [2.24, 2.45) is 0 Å². The van der Waals surface area contributed by atoms with Gasteiger partial charge in [0, 0.05) is 26.7 Å². The largest absolute Gasteiger partial charge is 0.382 e. The van der Waals surface area contributed by atoms with Crippen LogP contribution in [0, 0.1) is 0 Å². The molecule has 112 valence electrons. The lowest BCUT2D eigenvalue weighted by atomic mass is 10.2. The van der Waals surface area contributed by atoms with Crippen LogP contribution in [0.5, 0.6) is 0 Å². The zero-order valence-corrected chi connectivity index (χ0v) is 13.2. The second-order valence-corrected chi connectivity index (χ2v) is 5.88. The third-order valence-corrected chi connectivity index (χ3v) is 4.87. The zero-order chi connectivity index (χ0) is 14.7. The molecule has 1 aliphatic heterocycles. The average molecular weight is 297 g/mol. The number of anilines is 2. The molecular weight excluding hydrogens is 274 g/mol. The number of likely N-dealkylation sites (tertiary alicyclic amines) is 1. The predicted molar refractivity (Wildman–Crippen MR) is 83.5 cm³/mol. The molecule has 20 heavy (non-hydrogen) atoms. The summed E-state index contributed by atoms with van der Waals surface area (Å²) in [5, 5.41) is 3.48. The molecule has 6 nitrogen and oxygen atoms in total. The number of hydrogen-bond acceptors (Lipinski definition) is 6. The van der Waals surface area contributed by atoms with Crippen LogP contribution in [0.3, 0.4) is 0 Å². The summed E-state index contributed by atoms with van der Waals surface area (Å²) in [6, 6.07) is 0.547. The maximum Gasteiger partial charge on any atom is 0.257 e. The number of amides is 1. The van der Waals surface area contributed by atoms with E-state index in [1.165, 1.54) is 30.9 Å². The fraction of sp³-hybridized carbons (Fsp3) is 0.692. The quantitative estimate of drug-likeness (QED) is 0.848. The van der Waals surface area contributed by atoms with E-state index in [1.807, 2.05) is 7.05 Å². The van der Waals surface area contributed by atoms with E-state index in [2.05, 4.69) is 26.4 Å². The highest BCUT2D eigenvalue weighted by molar-refractivity contribution is 7.11. The summed E-state index contributed by atoms with van der Waals surface area (Å²) in [5.41, 5.74) is 6.32. The van der Waals surface area contributed by atoms with Crippen molar-refractivity contribution in [1.29, 1.82) is 0 Å². The van der Waals surface area contributed by atoms with E-state index in [9.17, 15) is 4.79 Å². The minimum Gasteiger partial charge on any atom is -0.382 e. The van der Waals surface area contributed by atoms with Gasteiger partial charge >= 0.3 is 0 Å². The fourth-order valence-electron chi connectivity index (χ4n) is 2.81. The first-order valence-electron chi connectivity index (χ1n) is 7.00. The fourth-order valence-corrected chi connectivity index (χ4v) is 3.59. The average Bonchev–Trinajstić information content (AvgIpc) is 3.04. The molecule has 2 heterocycles. The first-order valence-corrected chi connectivity index (χ1v) is 7.78. The van der Waals surface area contributed by atoms with Crippen LogP contribution in [0.15, 0.2) is 0 Å². The molecule has 0 bridgehead atoms. The van der Waals surface area contributed by atoms with E-state index < -0.39 is 0 Å². The van der Waals surface area contributed by atoms with Crippen molar-refractivity contribution in [3.8, 4) is 0 Å². The van der Waals surface area contributed by atoms with Crippen molar-refractivity contribution in [3.63, 3.8) is 0 Å². The third-order valence-electron chi connectivity index (χ3n) is 3.89. The highest BCUT2D eigenvalue weighted by Crippen LogP contribution is 2.31. The smallest absolute Gasteiger partial charge is 0.257 e. The van der Waals surface area contributed by atoms with Gasteiger partial charge in [0.2, 0.25) is 0 Å². The van der Waals surface area contributed by atoms with E-state index in [0.717, 1.165) is 18.1 Å². The SMILES string of the molecule is CCN1CCCC1CN(C)c1snc(N)c1C(=O)NC. The van der Waals surface area contributed by atoms with E-state index >= 15 is 0 Å². The Balaban J connectivity index is 2.13. The maximum atomic E-state index is 11.9. The minimum atomic E-state index is -0.170. The van der Waals surface area contributed by atoms with Crippen LogP contribution in [0.25, 0.3) is 0 Å². The van der Waals surface area contributed by atoms with Crippen LogP contribution < -0.4 is 16.0 Å². The van der Waals surface area contributed by atoms with E-state index in [1.54, 1.807) is 7.05 Å². The Morgan fingerprint density at radius 1 is 1.65 bits per heavy atom. The van der Waals surface area contributed by atoms with Gasteiger partial charge in [-0.2, -0.15) is 4.37 Å². The Kier molecular flexibility index (Phi) is 4.82. The Morgan fingerprint density at radius 3 is 3.05 bits per heavy atom. The van der Waals surface area contributed by atoms with Gasteiger partial charge in [0.25, 0.3) is 5.91 Å². The van der Waals surface area contributed by atoms with Crippen molar-refractivity contribution in [3.05, 3.63) is 5.56 Å². The van der Waals surface area contributed by atoms with Crippen molar-refractivity contribution in [1.82, 2.24) is 14.6 Å². The van der Waals surface area contributed by atoms with Gasteiger partial charge in [-0.3, -0.25) is 9.69 Å². The normalized spacial score (nSPS) is 19.2. The number of nitrogens with one attached hydrogen (secondary N) is 1. The molecule has 1 aromatic heterocycles. The Hall–Kier alpha value is -1.34. The predicted octanol–water partition coefficient (Wildman–Crippen LogP) is 1.01. The number of nitrogens with two attached hydrogens (primary N) is 1. The van der Waals surface area contributed by atoms with Gasteiger partial charge in [0.1, 0.15) is 10.6 Å². The zero-order valence-electron chi connectivity index (χ0n) is 12.3. The summed E-state index contributed by atoms with van der Waals surface area (Å²) in [7, 11) is 3.62. The number of carbonyl (C=O) groups is 1. The molecule has 1 aromatic rings. The molecular formula is C13H23N5OS. The van der Waals surface area contributed by atoms with Gasteiger partial charge in [-0.15, -0.1) is 0 Å². The summed E-state index contributed by atoms with van der Waals surface area (Å²) in [5.74, 6) is 0.145. The molecule has 7 heteroatoms. The van der Waals surface area contributed by atoms with Gasteiger partial charge < -0.3 is 16.0 Å². The summed E-state index contributed by atoms with van der Waals surface area (Å²) in [6.45, 7) is 5.34. The van der Waals surface area contributed by atoms with Crippen molar-refractivity contribution >= 4 is 28.3 Å². The maximum absolute atomic E-state index is 11.9. The first-order chi connectivity index (χ1) is 9.58. The molecule has 0 radical (unpaired) electrons. The van der Waals surface area contributed by atoms with Crippen LogP contribution in [-0.4, -0.2) is 55.0 Å². The number of nitrogen functional groups attached to an aromatic ring is 1. The van der Waals surface area contributed by atoms with Crippen LogP contribution in [0.4, 0.5) is 10.8 Å². The van der Waals surface area contributed by atoms with Crippen LogP contribution >= 0.6 is 11.5 Å². The van der Waals surface area contributed by atoms with Gasteiger partial charge in [-0.05, 0) is 37.5 Å². The molecule has 1 amide bonds. The second kappa shape index (κ2) is 6.41. The molecule has 3 N–H and O–H groups in total. The first kappa shape index (κ1) is 15.1. The summed E-state index contributed by atoms with van der Waals surface area (Å²) < 4.78 is 4.12. The molecule has 0 aromatic carbocycles. The summed E-state index contributed by atoms with van der Waals surface area (Å²) in [6.07, 6.45) is 2.46. The number of rotatable bonds is 5. The third kappa shape index (κ3) is 2.88. The Bertz CT molecular complexity index is 475. The van der Waals surface area contributed by atoms with Crippen molar-refractivity contribution in [2.75, 3.05) is 44.4 Å². The molecule has 0 saturated carbocycles. The van der Waals surface area contributed by atoms with E-state index in [0.29, 0.717) is 17.4 Å². The number of likely N-dealkylation sites (N-methyl/N-ethyl adjacent to an activating group) is 2. The van der Waals surface area contributed by atoms with Crippen LogP contribution in [-0.2, 0) is 0 Å². The molecule has 0 spiro atoms. The molecule has 0 aliphatic carbocycles. The number of hydrogen-bond donors (Lipinski definition) is 2.